The van der Waals surface area contributed by atoms with E-state index in [-0.39, 0.29) is 11.6 Å². The number of hydrogen-bond acceptors (Lipinski definition) is 2. The molecule has 1 N–H and O–H groups in total. The minimum Gasteiger partial charge on any atom is -0.485 e. The van der Waals surface area contributed by atoms with Gasteiger partial charge in [0.2, 0.25) is 0 Å². The Morgan fingerprint density at radius 1 is 1.11 bits per heavy atom. The van der Waals surface area contributed by atoms with Crippen molar-refractivity contribution in [1.29, 1.82) is 0 Å². The van der Waals surface area contributed by atoms with E-state index in [0.29, 0.717) is 0 Å². The van der Waals surface area contributed by atoms with E-state index in [1.807, 2.05) is 24.3 Å². The summed E-state index contributed by atoms with van der Waals surface area (Å²) in [7, 11) is 0. The monoisotopic (exact) mass is 317 g/mol. The quantitative estimate of drug-likeness (QED) is 0.861. The standard InChI is InChI=1S/C16H16BrNO/c1-16(2)15(13-8-3-4-9-14(13)19-16)18-12-7-5-6-11(17)10-12/h3-10,15,18H,1-2H3. The highest BCUT2D eigenvalue weighted by molar-refractivity contribution is 9.10. The average Bonchev–Trinajstić information content (AvgIpc) is 2.61. The molecule has 0 aromatic heterocycles. The molecule has 0 saturated carbocycles. The SMILES string of the molecule is CC1(C)Oc2ccccc2C1Nc1cccc(Br)c1. The fourth-order valence-corrected chi connectivity index (χ4v) is 2.92. The molecule has 2 aromatic rings. The van der Waals surface area contributed by atoms with Gasteiger partial charge in [-0.15, -0.1) is 0 Å². The van der Waals surface area contributed by atoms with E-state index >= 15 is 0 Å². The zero-order valence-corrected chi connectivity index (χ0v) is 12.6. The molecule has 3 heteroatoms. The third kappa shape index (κ3) is 2.35. The number of anilines is 1. The normalized spacial score (nSPS) is 19.6. The molecule has 0 bridgehead atoms. The van der Waals surface area contributed by atoms with Crippen molar-refractivity contribution >= 4 is 21.6 Å². The van der Waals surface area contributed by atoms with Gasteiger partial charge in [0.05, 0.1) is 6.04 Å². The second-order valence-corrected chi connectivity index (χ2v) is 6.25. The summed E-state index contributed by atoms with van der Waals surface area (Å²) in [5.74, 6) is 0.972. The maximum absolute atomic E-state index is 6.04. The molecule has 0 saturated heterocycles. The van der Waals surface area contributed by atoms with E-state index in [1.165, 1.54) is 5.56 Å². The molecule has 1 unspecified atom stereocenters. The van der Waals surface area contributed by atoms with Crippen LogP contribution in [0.15, 0.2) is 53.0 Å². The van der Waals surface area contributed by atoms with Crippen molar-refractivity contribution in [2.75, 3.05) is 5.32 Å². The van der Waals surface area contributed by atoms with Gasteiger partial charge in [0.25, 0.3) is 0 Å². The zero-order valence-electron chi connectivity index (χ0n) is 11.0. The summed E-state index contributed by atoms with van der Waals surface area (Å²) in [5.41, 5.74) is 2.05. The van der Waals surface area contributed by atoms with Crippen LogP contribution in [0.25, 0.3) is 0 Å². The van der Waals surface area contributed by atoms with Gasteiger partial charge < -0.3 is 10.1 Å². The molecule has 0 spiro atoms. The van der Waals surface area contributed by atoms with E-state index in [4.69, 9.17) is 4.74 Å². The smallest absolute Gasteiger partial charge is 0.128 e. The fourth-order valence-electron chi connectivity index (χ4n) is 2.53. The zero-order chi connectivity index (χ0) is 13.5. The Balaban J connectivity index is 1.95. The number of hydrogen-bond donors (Lipinski definition) is 1. The number of para-hydroxylation sites is 1. The molecule has 1 heterocycles. The van der Waals surface area contributed by atoms with E-state index in [0.717, 1.165) is 15.9 Å². The fraction of sp³-hybridized carbons (Fsp3) is 0.250. The average molecular weight is 318 g/mol. The molecule has 19 heavy (non-hydrogen) atoms. The first-order valence-electron chi connectivity index (χ1n) is 6.36. The second-order valence-electron chi connectivity index (χ2n) is 5.33. The van der Waals surface area contributed by atoms with Crippen LogP contribution >= 0.6 is 15.9 Å². The Bertz CT molecular complexity index is 609. The summed E-state index contributed by atoms with van der Waals surface area (Å²) in [5, 5.41) is 3.57. The Hall–Kier alpha value is -1.48. The molecular weight excluding hydrogens is 302 g/mol. The number of rotatable bonds is 2. The molecule has 2 aromatic carbocycles. The maximum atomic E-state index is 6.04. The highest BCUT2D eigenvalue weighted by atomic mass is 79.9. The van der Waals surface area contributed by atoms with Crippen molar-refractivity contribution in [3.63, 3.8) is 0 Å². The molecule has 0 aliphatic carbocycles. The maximum Gasteiger partial charge on any atom is 0.128 e. The van der Waals surface area contributed by atoms with E-state index < -0.39 is 0 Å². The molecule has 0 fully saturated rings. The molecule has 1 atom stereocenters. The summed E-state index contributed by atoms with van der Waals surface area (Å²) in [6.07, 6.45) is 0. The van der Waals surface area contributed by atoms with Crippen LogP contribution in [-0.2, 0) is 0 Å². The van der Waals surface area contributed by atoms with Gasteiger partial charge in [-0.25, -0.2) is 0 Å². The minimum atomic E-state index is -0.258. The van der Waals surface area contributed by atoms with Gasteiger partial charge in [-0.05, 0) is 38.1 Å². The molecule has 0 radical (unpaired) electrons. The lowest BCUT2D eigenvalue weighted by molar-refractivity contribution is 0.118. The number of benzene rings is 2. The lowest BCUT2D eigenvalue weighted by Gasteiger charge is -2.28. The van der Waals surface area contributed by atoms with Gasteiger partial charge in [-0.3, -0.25) is 0 Å². The number of ether oxygens (including phenoxy) is 1. The Labute approximate surface area is 121 Å². The minimum absolute atomic E-state index is 0.151. The molecule has 2 nitrogen and oxygen atoms in total. The van der Waals surface area contributed by atoms with Crippen molar-refractivity contribution in [2.24, 2.45) is 0 Å². The number of halogens is 1. The molecular formula is C16H16BrNO. The summed E-state index contributed by atoms with van der Waals surface area (Å²) >= 11 is 3.50. The highest BCUT2D eigenvalue weighted by Gasteiger charge is 2.40. The largest absolute Gasteiger partial charge is 0.485 e. The lowest BCUT2D eigenvalue weighted by atomic mass is 9.94. The molecule has 1 aliphatic heterocycles. The van der Waals surface area contributed by atoms with Crippen LogP contribution in [0.4, 0.5) is 5.69 Å². The summed E-state index contributed by atoms with van der Waals surface area (Å²) in [6, 6.07) is 16.6. The third-order valence-electron chi connectivity index (χ3n) is 3.43. The van der Waals surface area contributed by atoms with Crippen molar-refractivity contribution in [3.8, 4) is 5.75 Å². The van der Waals surface area contributed by atoms with Crippen LogP contribution < -0.4 is 10.1 Å². The van der Waals surface area contributed by atoms with Crippen molar-refractivity contribution in [3.05, 3.63) is 58.6 Å². The number of nitrogens with one attached hydrogen (secondary N) is 1. The second kappa shape index (κ2) is 4.57. The van der Waals surface area contributed by atoms with E-state index in [2.05, 4.69) is 59.4 Å². The van der Waals surface area contributed by atoms with Crippen LogP contribution in [0.1, 0.15) is 25.5 Å². The van der Waals surface area contributed by atoms with E-state index in [9.17, 15) is 0 Å². The molecule has 1 aliphatic rings. The Morgan fingerprint density at radius 3 is 2.68 bits per heavy atom. The van der Waals surface area contributed by atoms with Gasteiger partial charge in [0.15, 0.2) is 0 Å². The third-order valence-corrected chi connectivity index (χ3v) is 3.93. The number of fused-ring (bicyclic) bond motifs is 1. The van der Waals surface area contributed by atoms with E-state index in [1.54, 1.807) is 0 Å². The van der Waals surface area contributed by atoms with Crippen molar-refractivity contribution < 1.29 is 4.74 Å². The predicted octanol–water partition coefficient (Wildman–Crippen LogP) is 4.77. The van der Waals surface area contributed by atoms with Crippen LogP contribution in [0.3, 0.4) is 0 Å². The first-order valence-corrected chi connectivity index (χ1v) is 7.15. The van der Waals surface area contributed by atoms with Crippen molar-refractivity contribution in [1.82, 2.24) is 0 Å². The summed E-state index contributed by atoms with van der Waals surface area (Å²) < 4.78 is 7.11. The molecule has 0 amide bonds. The first kappa shape index (κ1) is 12.5. The van der Waals surface area contributed by atoms with Gasteiger partial charge in [0.1, 0.15) is 11.4 Å². The van der Waals surface area contributed by atoms with Gasteiger partial charge >= 0.3 is 0 Å². The van der Waals surface area contributed by atoms with Crippen LogP contribution in [0.2, 0.25) is 0 Å². The van der Waals surface area contributed by atoms with Gasteiger partial charge in [-0.2, -0.15) is 0 Å². The Kier molecular flexibility index (Phi) is 3.02. The first-order chi connectivity index (χ1) is 9.06. The Morgan fingerprint density at radius 2 is 1.89 bits per heavy atom. The van der Waals surface area contributed by atoms with Crippen LogP contribution in [0, 0.1) is 0 Å². The lowest BCUT2D eigenvalue weighted by Crippen LogP contribution is -2.34. The topological polar surface area (TPSA) is 21.3 Å². The molecule has 98 valence electrons. The highest BCUT2D eigenvalue weighted by Crippen LogP contribution is 2.44. The van der Waals surface area contributed by atoms with Crippen molar-refractivity contribution in [2.45, 2.75) is 25.5 Å². The van der Waals surface area contributed by atoms with Gasteiger partial charge in [-0.1, -0.05) is 40.2 Å². The molecule has 3 rings (SSSR count). The summed E-state index contributed by atoms with van der Waals surface area (Å²) in [4.78, 5) is 0. The summed E-state index contributed by atoms with van der Waals surface area (Å²) in [6.45, 7) is 4.23. The van der Waals surface area contributed by atoms with Crippen LogP contribution in [-0.4, -0.2) is 5.60 Å². The predicted molar refractivity (Wildman–Crippen MR) is 81.7 cm³/mol. The van der Waals surface area contributed by atoms with Crippen LogP contribution in [0.5, 0.6) is 5.75 Å². The van der Waals surface area contributed by atoms with Gasteiger partial charge in [0, 0.05) is 15.7 Å².